The Morgan fingerprint density at radius 2 is 1.92 bits per heavy atom. The summed E-state index contributed by atoms with van der Waals surface area (Å²) in [6.07, 6.45) is 1.27. The lowest BCUT2D eigenvalue weighted by Gasteiger charge is -2.04. The maximum absolute atomic E-state index is 13.1. The van der Waals surface area contributed by atoms with Crippen LogP contribution in [0, 0.1) is 11.6 Å². The molecule has 0 aliphatic heterocycles. The van der Waals surface area contributed by atoms with Gasteiger partial charge in [-0.15, -0.1) is 11.3 Å². The fraction of sp³-hybridized carbons (Fsp3) is 0.0625. The zero-order chi connectivity index (χ0) is 17.8. The number of furan rings is 1. The number of aromatic nitrogens is 1. The van der Waals surface area contributed by atoms with Gasteiger partial charge in [0.15, 0.2) is 10.9 Å². The second kappa shape index (κ2) is 7.22. The van der Waals surface area contributed by atoms with Crippen LogP contribution in [-0.4, -0.2) is 16.8 Å². The average Bonchev–Trinajstić information content (AvgIpc) is 3.17. The third-order valence-corrected chi connectivity index (χ3v) is 3.81. The average molecular weight is 363 g/mol. The molecular formula is C16H11F2N3O3S. The van der Waals surface area contributed by atoms with E-state index >= 15 is 0 Å². The smallest absolute Gasteiger partial charge is 0.293 e. The number of halogens is 2. The van der Waals surface area contributed by atoms with Crippen LogP contribution < -0.4 is 10.6 Å². The van der Waals surface area contributed by atoms with Crippen LogP contribution in [-0.2, 0) is 11.2 Å². The molecule has 0 spiro atoms. The molecule has 0 atom stereocenters. The van der Waals surface area contributed by atoms with E-state index in [1.807, 2.05) is 0 Å². The molecule has 0 aliphatic carbocycles. The summed E-state index contributed by atoms with van der Waals surface area (Å²) < 4.78 is 31.2. The lowest BCUT2D eigenvalue weighted by Crippen LogP contribution is -2.15. The highest BCUT2D eigenvalue weighted by Crippen LogP contribution is 2.18. The van der Waals surface area contributed by atoms with Gasteiger partial charge in [-0.3, -0.25) is 14.9 Å². The first-order chi connectivity index (χ1) is 12.0. The number of amides is 2. The van der Waals surface area contributed by atoms with Crippen LogP contribution in [0.15, 0.2) is 46.4 Å². The van der Waals surface area contributed by atoms with Crippen molar-refractivity contribution in [2.24, 2.45) is 0 Å². The Balaban J connectivity index is 1.59. The van der Waals surface area contributed by atoms with E-state index in [2.05, 4.69) is 15.6 Å². The number of carbonyl (C=O) groups is 2. The topological polar surface area (TPSA) is 84.2 Å². The van der Waals surface area contributed by atoms with Crippen LogP contribution in [0.4, 0.5) is 19.6 Å². The minimum atomic E-state index is -0.785. The van der Waals surface area contributed by atoms with E-state index in [4.69, 9.17) is 4.42 Å². The van der Waals surface area contributed by atoms with Gasteiger partial charge >= 0.3 is 0 Å². The normalized spacial score (nSPS) is 10.5. The number of nitrogens with zero attached hydrogens (tertiary/aromatic N) is 1. The van der Waals surface area contributed by atoms with E-state index in [1.165, 1.54) is 12.3 Å². The van der Waals surface area contributed by atoms with Crippen molar-refractivity contribution in [3.63, 3.8) is 0 Å². The largest absolute Gasteiger partial charge is 0.459 e. The van der Waals surface area contributed by atoms with Crippen LogP contribution in [0.1, 0.15) is 16.2 Å². The molecule has 9 heteroatoms. The molecule has 0 saturated heterocycles. The highest BCUT2D eigenvalue weighted by atomic mass is 32.1. The fourth-order valence-corrected chi connectivity index (χ4v) is 2.71. The molecule has 2 N–H and O–H groups in total. The summed E-state index contributed by atoms with van der Waals surface area (Å²) >= 11 is 1.14. The van der Waals surface area contributed by atoms with Gasteiger partial charge in [0.2, 0.25) is 5.91 Å². The predicted octanol–water partition coefficient (Wildman–Crippen LogP) is 3.45. The number of carbonyl (C=O) groups excluding carboxylic acids is 2. The molecule has 0 radical (unpaired) electrons. The highest BCUT2D eigenvalue weighted by Gasteiger charge is 2.13. The van der Waals surface area contributed by atoms with Gasteiger partial charge in [0.05, 0.1) is 18.4 Å². The predicted molar refractivity (Wildman–Crippen MR) is 87.5 cm³/mol. The molecule has 3 aromatic rings. The Kier molecular flexibility index (Phi) is 4.85. The Bertz CT molecular complexity index is 889. The highest BCUT2D eigenvalue weighted by molar-refractivity contribution is 7.14. The minimum Gasteiger partial charge on any atom is -0.459 e. The molecule has 0 fully saturated rings. The van der Waals surface area contributed by atoms with E-state index < -0.39 is 23.4 Å². The molecule has 6 nitrogen and oxygen atoms in total. The van der Waals surface area contributed by atoms with E-state index in [-0.39, 0.29) is 17.9 Å². The van der Waals surface area contributed by atoms with Crippen LogP contribution in [0.25, 0.3) is 0 Å². The van der Waals surface area contributed by atoms with Crippen molar-refractivity contribution in [2.45, 2.75) is 6.42 Å². The first kappa shape index (κ1) is 16.8. The van der Waals surface area contributed by atoms with Crippen LogP contribution in [0.2, 0.25) is 0 Å². The second-order valence-electron chi connectivity index (χ2n) is 4.96. The summed E-state index contributed by atoms with van der Waals surface area (Å²) in [5.74, 6) is -2.37. The van der Waals surface area contributed by atoms with Crippen LogP contribution in [0.5, 0.6) is 0 Å². The summed E-state index contributed by atoms with van der Waals surface area (Å²) in [6.45, 7) is 0. The molecule has 0 unspecified atom stereocenters. The SMILES string of the molecule is O=C(Cc1csc(NC(=O)c2ccco2)n1)Nc1cc(F)cc(F)c1. The number of hydrogen-bond acceptors (Lipinski definition) is 5. The Labute approximate surface area is 144 Å². The van der Waals surface area contributed by atoms with E-state index in [0.717, 1.165) is 23.5 Å². The molecule has 2 amide bonds. The lowest BCUT2D eigenvalue weighted by molar-refractivity contribution is -0.115. The third kappa shape index (κ3) is 4.48. The molecule has 0 saturated carbocycles. The molecule has 1 aromatic carbocycles. The number of thiazole rings is 1. The standard InChI is InChI=1S/C16H11F2N3O3S/c17-9-4-10(18)6-11(5-9)19-14(22)7-12-8-25-16(20-12)21-15(23)13-2-1-3-24-13/h1-6,8H,7H2,(H,19,22)(H,20,21,23). The summed E-state index contributed by atoms with van der Waals surface area (Å²) in [5, 5.41) is 6.84. The second-order valence-corrected chi connectivity index (χ2v) is 5.82. The minimum absolute atomic E-state index is 0.0177. The third-order valence-electron chi connectivity index (χ3n) is 3.01. The molecule has 0 aliphatic rings. The van der Waals surface area contributed by atoms with Crippen molar-refractivity contribution >= 4 is 34.0 Å². The summed E-state index contributed by atoms with van der Waals surface area (Å²) in [7, 11) is 0. The van der Waals surface area contributed by atoms with Gasteiger partial charge in [0.1, 0.15) is 11.6 Å². The van der Waals surface area contributed by atoms with Crippen molar-refractivity contribution < 1.29 is 22.8 Å². The monoisotopic (exact) mass is 363 g/mol. The van der Waals surface area contributed by atoms with E-state index in [1.54, 1.807) is 11.4 Å². The Morgan fingerprint density at radius 1 is 1.16 bits per heavy atom. The maximum atomic E-state index is 13.1. The van der Waals surface area contributed by atoms with Crippen molar-refractivity contribution in [1.29, 1.82) is 0 Å². The molecule has 3 rings (SSSR count). The van der Waals surface area contributed by atoms with Crippen molar-refractivity contribution in [3.8, 4) is 0 Å². The van der Waals surface area contributed by atoms with Gasteiger partial charge in [0, 0.05) is 17.1 Å². The lowest BCUT2D eigenvalue weighted by atomic mass is 10.2. The maximum Gasteiger partial charge on any atom is 0.293 e. The number of anilines is 2. The molecule has 2 aromatic heterocycles. The fourth-order valence-electron chi connectivity index (χ4n) is 2.01. The number of rotatable bonds is 5. The summed E-state index contributed by atoms with van der Waals surface area (Å²) in [4.78, 5) is 27.9. The van der Waals surface area contributed by atoms with Gasteiger partial charge in [-0.05, 0) is 24.3 Å². The number of hydrogen-bond donors (Lipinski definition) is 2. The van der Waals surface area contributed by atoms with Gasteiger partial charge in [-0.2, -0.15) is 0 Å². The Hall–Kier alpha value is -3.07. The van der Waals surface area contributed by atoms with Gasteiger partial charge in [0.25, 0.3) is 5.91 Å². The van der Waals surface area contributed by atoms with Crippen molar-refractivity contribution in [1.82, 2.24) is 4.98 Å². The van der Waals surface area contributed by atoms with Gasteiger partial charge in [-0.25, -0.2) is 13.8 Å². The molecule has 25 heavy (non-hydrogen) atoms. The number of benzene rings is 1. The molecule has 0 bridgehead atoms. The first-order valence-corrected chi connectivity index (χ1v) is 7.93. The molecular weight excluding hydrogens is 352 g/mol. The van der Waals surface area contributed by atoms with Gasteiger partial charge < -0.3 is 9.73 Å². The van der Waals surface area contributed by atoms with E-state index in [0.29, 0.717) is 16.9 Å². The molecule has 2 heterocycles. The quantitative estimate of drug-likeness (QED) is 0.727. The zero-order valence-electron chi connectivity index (χ0n) is 12.6. The van der Waals surface area contributed by atoms with Crippen LogP contribution >= 0.6 is 11.3 Å². The van der Waals surface area contributed by atoms with Crippen molar-refractivity contribution in [3.05, 3.63) is 65.1 Å². The zero-order valence-corrected chi connectivity index (χ0v) is 13.4. The number of nitrogens with one attached hydrogen (secondary N) is 2. The Morgan fingerprint density at radius 3 is 2.60 bits per heavy atom. The summed E-state index contributed by atoms with van der Waals surface area (Å²) in [5.41, 5.74) is 0.429. The first-order valence-electron chi connectivity index (χ1n) is 7.05. The molecule has 128 valence electrons. The van der Waals surface area contributed by atoms with Crippen LogP contribution in [0.3, 0.4) is 0 Å². The summed E-state index contributed by atoms with van der Waals surface area (Å²) in [6, 6.07) is 5.83. The van der Waals surface area contributed by atoms with E-state index in [9.17, 15) is 18.4 Å². The van der Waals surface area contributed by atoms with Gasteiger partial charge in [-0.1, -0.05) is 0 Å². The van der Waals surface area contributed by atoms with Crippen molar-refractivity contribution in [2.75, 3.05) is 10.6 Å².